The Bertz CT molecular complexity index is 576. The molecule has 1 aromatic rings. The second kappa shape index (κ2) is 5.91. The summed E-state index contributed by atoms with van der Waals surface area (Å²) in [6.45, 7) is 0.907. The molecule has 3 rings (SSSR count). The van der Waals surface area contributed by atoms with Crippen LogP contribution in [-0.4, -0.2) is 42.3 Å². The van der Waals surface area contributed by atoms with Gasteiger partial charge >= 0.3 is 136 Å². The average Bonchev–Trinajstić information content (AvgIpc) is 3.05. The Morgan fingerprint density at radius 1 is 1.27 bits per heavy atom. The molecular formula is C18H25FO2Sn. The summed E-state index contributed by atoms with van der Waals surface area (Å²) in [7, 11) is 0. The van der Waals surface area contributed by atoms with E-state index in [1.54, 1.807) is 0 Å². The molecule has 1 aliphatic carbocycles. The van der Waals surface area contributed by atoms with Crippen LogP contribution in [-0.2, 0) is 4.74 Å². The molecule has 0 amide bonds. The topological polar surface area (TPSA) is 29.5 Å². The molecule has 1 N–H and O–H groups in total. The summed E-state index contributed by atoms with van der Waals surface area (Å²) >= 11 is -2.13. The summed E-state index contributed by atoms with van der Waals surface area (Å²) in [5.41, 5.74) is 0.796. The Labute approximate surface area is 136 Å². The molecule has 1 fully saturated rings. The first-order valence-corrected chi connectivity index (χ1v) is 18.1. The molecule has 0 saturated heterocycles. The van der Waals surface area contributed by atoms with Gasteiger partial charge in [0.15, 0.2) is 0 Å². The van der Waals surface area contributed by atoms with E-state index < -0.39 is 18.4 Å². The predicted molar refractivity (Wildman–Crippen MR) is 89.1 cm³/mol. The van der Waals surface area contributed by atoms with Crippen molar-refractivity contribution in [1.29, 1.82) is 0 Å². The van der Waals surface area contributed by atoms with Gasteiger partial charge in [-0.3, -0.25) is 0 Å². The van der Waals surface area contributed by atoms with E-state index in [9.17, 15) is 9.50 Å². The third-order valence-corrected chi connectivity index (χ3v) is 11.6. The summed E-state index contributed by atoms with van der Waals surface area (Å²) in [6, 6.07) is 6.73. The van der Waals surface area contributed by atoms with Crippen LogP contribution < -0.4 is 0 Å². The zero-order valence-corrected chi connectivity index (χ0v) is 16.5. The van der Waals surface area contributed by atoms with Crippen LogP contribution in [0.3, 0.4) is 0 Å². The van der Waals surface area contributed by atoms with Crippen LogP contribution in [0.25, 0.3) is 0 Å². The first-order chi connectivity index (χ1) is 10.4. The van der Waals surface area contributed by atoms with E-state index >= 15 is 0 Å². The number of halogens is 1. The Hall–Kier alpha value is -0.391. The van der Waals surface area contributed by atoms with E-state index in [0.717, 1.165) is 25.0 Å². The number of hydrogen-bond acceptors (Lipinski definition) is 2. The van der Waals surface area contributed by atoms with Crippen molar-refractivity contribution < 1.29 is 14.2 Å². The summed E-state index contributed by atoms with van der Waals surface area (Å²) in [5, 5.41) is 9.78. The predicted octanol–water partition coefficient (Wildman–Crippen LogP) is 3.88. The molecule has 1 aliphatic heterocycles. The molecule has 0 aromatic heterocycles. The number of rotatable bonds is 3. The van der Waals surface area contributed by atoms with Crippen molar-refractivity contribution in [1.82, 2.24) is 0 Å². The molecule has 4 heteroatoms. The number of benzene rings is 1. The standard InChI is InChI=1S/C15H16FO2.3CH3.Sn/c16-13-4-2-11(3-5-13)14-12(10-17)6-8-15(14)7-1-9-18-15;;;;/h2-5,7,12,14,17H,6,8-10H2;3*1H3;. The van der Waals surface area contributed by atoms with Gasteiger partial charge in [0.25, 0.3) is 0 Å². The van der Waals surface area contributed by atoms with Gasteiger partial charge in [0, 0.05) is 0 Å². The van der Waals surface area contributed by atoms with Gasteiger partial charge in [-0.25, -0.2) is 0 Å². The fourth-order valence-electron chi connectivity index (χ4n) is 3.90. The van der Waals surface area contributed by atoms with Gasteiger partial charge in [0.2, 0.25) is 0 Å². The second-order valence-corrected chi connectivity index (χ2v) is 22.4. The van der Waals surface area contributed by atoms with Gasteiger partial charge in [0.1, 0.15) is 0 Å². The third kappa shape index (κ3) is 2.87. The van der Waals surface area contributed by atoms with E-state index in [4.69, 9.17) is 4.74 Å². The van der Waals surface area contributed by atoms with Crippen molar-refractivity contribution in [3.63, 3.8) is 0 Å². The molecule has 2 nitrogen and oxygen atoms in total. The van der Waals surface area contributed by atoms with Gasteiger partial charge in [-0.15, -0.1) is 0 Å². The average molecular weight is 411 g/mol. The molecule has 2 aliphatic rings. The van der Waals surface area contributed by atoms with Gasteiger partial charge in [-0.1, -0.05) is 0 Å². The van der Waals surface area contributed by atoms with E-state index in [0.29, 0.717) is 0 Å². The molecule has 3 unspecified atom stereocenters. The molecule has 0 bridgehead atoms. The summed E-state index contributed by atoms with van der Waals surface area (Å²) in [4.78, 5) is 7.23. The normalized spacial score (nSPS) is 31.8. The Morgan fingerprint density at radius 2 is 1.95 bits per heavy atom. The van der Waals surface area contributed by atoms with Crippen molar-refractivity contribution in [3.05, 3.63) is 45.3 Å². The Balaban J connectivity index is 2.00. The number of aliphatic hydroxyl groups is 1. The van der Waals surface area contributed by atoms with E-state index in [1.165, 1.54) is 15.7 Å². The zero-order chi connectivity index (χ0) is 16.0. The maximum atomic E-state index is 13.3. The molecule has 1 saturated carbocycles. The number of hydrogen-bond donors (Lipinski definition) is 1. The summed E-state index contributed by atoms with van der Waals surface area (Å²) < 4.78 is 21.1. The van der Waals surface area contributed by atoms with Crippen molar-refractivity contribution in [3.8, 4) is 0 Å². The zero-order valence-electron chi connectivity index (χ0n) is 13.6. The third-order valence-electron chi connectivity index (χ3n) is 5.25. The molecule has 1 heterocycles. The molecule has 120 valence electrons. The fourth-order valence-corrected chi connectivity index (χ4v) is 7.28. The van der Waals surface area contributed by atoms with Gasteiger partial charge in [-0.05, 0) is 0 Å². The molecule has 3 atom stereocenters. The van der Waals surface area contributed by atoms with Crippen molar-refractivity contribution in [2.45, 2.75) is 39.2 Å². The van der Waals surface area contributed by atoms with Crippen LogP contribution >= 0.6 is 0 Å². The van der Waals surface area contributed by atoms with Crippen LogP contribution in [0.2, 0.25) is 14.8 Å². The second-order valence-electron chi connectivity index (χ2n) is 7.67. The van der Waals surface area contributed by atoms with Crippen LogP contribution in [0.5, 0.6) is 0 Å². The van der Waals surface area contributed by atoms with Crippen molar-refractivity contribution in [2.75, 3.05) is 13.2 Å². The minimum atomic E-state index is -2.13. The van der Waals surface area contributed by atoms with E-state index in [2.05, 4.69) is 20.9 Å². The molecule has 1 spiro atoms. The van der Waals surface area contributed by atoms with Gasteiger partial charge in [-0.2, -0.15) is 0 Å². The monoisotopic (exact) mass is 412 g/mol. The van der Waals surface area contributed by atoms with Crippen molar-refractivity contribution in [2.24, 2.45) is 5.92 Å². The molecular weight excluding hydrogens is 386 g/mol. The van der Waals surface area contributed by atoms with Crippen LogP contribution in [0, 0.1) is 11.7 Å². The van der Waals surface area contributed by atoms with E-state index in [-0.39, 0.29) is 29.9 Å². The van der Waals surface area contributed by atoms with Gasteiger partial charge < -0.3 is 0 Å². The molecule has 22 heavy (non-hydrogen) atoms. The van der Waals surface area contributed by atoms with Gasteiger partial charge in [0.05, 0.1) is 0 Å². The van der Waals surface area contributed by atoms with Crippen LogP contribution in [0.15, 0.2) is 33.9 Å². The first kappa shape index (κ1) is 16.5. The van der Waals surface area contributed by atoms with Crippen molar-refractivity contribution >= 4 is 18.4 Å². The molecule has 0 radical (unpaired) electrons. The number of aliphatic hydroxyl groups excluding tert-OH is 1. The number of ether oxygens (including phenoxy) is 1. The van der Waals surface area contributed by atoms with Crippen LogP contribution in [0.4, 0.5) is 4.39 Å². The van der Waals surface area contributed by atoms with Crippen LogP contribution in [0.1, 0.15) is 24.3 Å². The minimum absolute atomic E-state index is 0.129. The summed E-state index contributed by atoms with van der Waals surface area (Å²) in [5.74, 6) is 0.103. The van der Waals surface area contributed by atoms with E-state index in [1.807, 2.05) is 12.1 Å². The molecule has 1 aromatic carbocycles. The Morgan fingerprint density at radius 3 is 2.50 bits per heavy atom. The first-order valence-electron chi connectivity index (χ1n) is 8.08. The Kier molecular flexibility index (Phi) is 4.43. The summed E-state index contributed by atoms with van der Waals surface area (Å²) in [6.07, 6.45) is 4.29. The maximum absolute atomic E-state index is 13.3. The SMILES string of the molecule is [CH3][Sn]([CH3])([CH3])[C]1=CC2(CCC(CO)C2c2ccc(F)cc2)OC1. The quantitative estimate of drug-likeness (QED) is 0.766. The fraction of sp³-hybridized carbons (Fsp3) is 0.556.